The van der Waals surface area contributed by atoms with Crippen molar-refractivity contribution in [1.29, 1.82) is 0 Å². The van der Waals surface area contributed by atoms with Gasteiger partial charge < -0.3 is 0 Å². The summed E-state index contributed by atoms with van der Waals surface area (Å²) in [5.41, 5.74) is 0. The molecule has 0 rings (SSSR count). The van der Waals surface area contributed by atoms with Gasteiger partial charge in [-0.3, -0.25) is 4.79 Å². The van der Waals surface area contributed by atoms with Gasteiger partial charge in [-0.1, -0.05) is 32.6 Å². The lowest BCUT2D eigenvalue weighted by Crippen LogP contribution is -1.85. The molecule has 0 aromatic rings. The molecular formula is C8H15OS. The van der Waals surface area contributed by atoms with Gasteiger partial charge in [0.2, 0.25) is 5.12 Å². The maximum absolute atomic E-state index is 10.3. The number of carbonyl (C=O) groups excluding carboxylic acids is 1. The van der Waals surface area contributed by atoms with Crippen molar-refractivity contribution < 1.29 is 4.79 Å². The highest BCUT2D eigenvalue weighted by molar-refractivity contribution is 7.96. The van der Waals surface area contributed by atoms with Crippen LogP contribution in [0.2, 0.25) is 0 Å². The standard InChI is InChI=1S/C8H15OS/c1-2-3-4-5-6-7-8(9)10/h2-7H2,1H3. The van der Waals surface area contributed by atoms with Crippen molar-refractivity contribution in [1.82, 2.24) is 0 Å². The van der Waals surface area contributed by atoms with Crippen LogP contribution in [0.5, 0.6) is 0 Å². The van der Waals surface area contributed by atoms with Gasteiger partial charge in [0, 0.05) is 6.42 Å². The first-order valence-electron chi connectivity index (χ1n) is 3.97. The summed E-state index contributed by atoms with van der Waals surface area (Å²) < 4.78 is 0. The summed E-state index contributed by atoms with van der Waals surface area (Å²) in [6, 6.07) is 0. The van der Waals surface area contributed by atoms with Gasteiger partial charge in [0.1, 0.15) is 0 Å². The fraction of sp³-hybridized carbons (Fsp3) is 0.875. The van der Waals surface area contributed by atoms with Gasteiger partial charge in [-0.25, -0.2) is 0 Å². The second-order valence-electron chi connectivity index (χ2n) is 2.54. The van der Waals surface area contributed by atoms with Gasteiger partial charge in [0.25, 0.3) is 0 Å². The van der Waals surface area contributed by atoms with Crippen molar-refractivity contribution in [3.05, 3.63) is 0 Å². The van der Waals surface area contributed by atoms with Gasteiger partial charge in [-0.15, -0.1) is 0 Å². The number of rotatable bonds is 6. The lowest BCUT2D eigenvalue weighted by molar-refractivity contribution is -0.110. The zero-order valence-electron chi connectivity index (χ0n) is 6.56. The number of unbranched alkanes of at least 4 members (excludes halogenated alkanes) is 4. The van der Waals surface area contributed by atoms with Gasteiger partial charge in [-0.2, -0.15) is 0 Å². The van der Waals surface area contributed by atoms with E-state index in [0.29, 0.717) is 6.42 Å². The molecule has 0 N–H and O–H groups in total. The van der Waals surface area contributed by atoms with Gasteiger partial charge >= 0.3 is 0 Å². The predicted octanol–water partition coefficient (Wildman–Crippen LogP) is 3.07. The third kappa shape index (κ3) is 7.89. The highest BCUT2D eigenvalue weighted by Crippen LogP contribution is 2.05. The van der Waals surface area contributed by atoms with Crippen LogP contribution in [-0.4, -0.2) is 5.12 Å². The van der Waals surface area contributed by atoms with Crippen LogP contribution in [0.15, 0.2) is 0 Å². The van der Waals surface area contributed by atoms with Crippen molar-refractivity contribution in [2.24, 2.45) is 0 Å². The van der Waals surface area contributed by atoms with Crippen LogP contribution in [0.1, 0.15) is 45.4 Å². The molecule has 0 amide bonds. The van der Waals surface area contributed by atoms with Crippen LogP contribution in [0.25, 0.3) is 0 Å². The van der Waals surface area contributed by atoms with Crippen molar-refractivity contribution in [3.63, 3.8) is 0 Å². The van der Waals surface area contributed by atoms with Gasteiger partial charge in [-0.05, 0) is 19.0 Å². The maximum atomic E-state index is 10.3. The molecule has 0 aliphatic carbocycles. The Balaban J connectivity index is 2.84. The smallest absolute Gasteiger partial charge is 0.218 e. The monoisotopic (exact) mass is 159 g/mol. The van der Waals surface area contributed by atoms with Crippen LogP contribution in [0, 0.1) is 0 Å². The van der Waals surface area contributed by atoms with E-state index in [9.17, 15) is 4.79 Å². The van der Waals surface area contributed by atoms with E-state index in [2.05, 4.69) is 19.6 Å². The maximum Gasteiger partial charge on any atom is 0.218 e. The number of carbonyl (C=O) groups is 1. The molecule has 0 saturated carbocycles. The summed E-state index contributed by atoms with van der Waals surface area (Å²) in [5.74, 6) is 0. The van der Waals surface area contributed by atoms with Crippen molar-refractivity contribution >= 4 is 17.7 Å². The lowest BCUT2D eigenvalue weighted by Gasteiger charge is -1.95. The minimum Gasteiger partial charge on any atom is -0.282 e. The summed E-state index contributed by atoms with van der Waals surface area (Å²) in [6.07, 6.45) is 6.53. The Labute approximate surface area is 68.6 Å². The van der Waals surface area contributed by atoms with E-state index in [1.165, 1.54) is 19.3 Å². The summed E-state index contributed by atoms with van der Waals surface area (Å²) in [7, 11) is 0. The van der Waals surface area contributed by atoms with Crippen molar-refractivity contribution in [3.8, 4) is 0 Å². The molecule has 0 aromatic heterocycles. The molecule has 0 spiro atoms. The average Bonchev–Trinajstić information content (AvgIpc) is 1.87. The SMILES string of the molecule is CCCCCCCC(=O)[S]. The van der Waals surface area contributed by atoms with Gasteiger partial charge in [0.05, 0.1) is 0 Å². The zero-order chi connectivity index (χ0) is 7.82. The quantitative estimate of drug-likeness (QED) is 0.544. The highest BCUT2D eigenvalue weighted by atomic mass is 32.1. The van der Waals surface area contributed by atoms with Crippen molar-refractivity contribution in [2.75, 3.05) is 0 Å². The summed E-state index contributed by atoms with van der Waals surface area (Å²) in [6.45, 7) is 2.18. The molecule has 0 fully saturated rings. The van der Waals surface area contributed by atoms with E-state index in [1.807, 2.05) is 0 Å². The van der Waals surface area contributed by atoms with E-state index in [4.69, 9.17) is 0 Å². The Morgan fingerprint density at radius 1 is 1.20 bits per heavy atom. The molecule has 10 heavy (non-hydrogen) atoms. The Kier molecular flexibility index (Phi) is 6.93. The lowest BCUT2D eigenvalue weighted by atomic mass is 10.1. The number of hydrogen-bond acceptors (Lipinski definition) is 1. The molecule has 2 heteroatoms. The second kappa shape index (κ2) is 7.00. The molecular weight excluding hydrogens is 144 g/mol. The Morgan fingerprint density at radius 2 is 1.80 bits per heavy atom. The fourth-order valence-corrected chi connectivity index (χ4v) is 1.02. The molecule has 1 nitrogen and oxygen atoms in total. The number of hydrogen-bond donors (Lipinski definition) is 0. The molecule has 0 heterocycles. The summed E-state index contributed by atoms with van der Waals surface area (Å²) in [4.78, 5) is 10.3. The summed E-state index contributed by atoms with van der Waals surface area (Å²) >= 11 is 4.42. The van der Waals surface area contributed by atoms with E-state index in [-0.39, 0.29) is 5.12 Å². The zero-order valence-corrected chi connectivity index (χ0v) is 7.38. The van der Waals surface area contributed by atoms with E-state index in [0.717, 1.165) is 12.8 Å². The van der Waals surface area contributed by atoms with E-state index in [1.54, 1.807) is 0 Å². The normalized spacial score (nSPS) is 9.70. The molecule has 59 valence electrons. The highest BCUT2D eigenvalue weighted by Gasteiger charge is 1.94. The molecule has 0 atom stereocenters. The fourth-order valence-electron chi connectivity index (χ4n) is 0.873. The van der Waals surface area contributed by atoms with E-state index < -0.39 is 0 Å². The molecule has 0 aliphatic rings. The Morgan fingerprint density at radius 3 is 2.30 bits per heavy atom. The minimum absolute atomic E-state index is 0.0866. The molecule has 0 aromatic carbocycles. The molecule has 1 radical (unpaired) electrons. The third-order valence-electron chi connectivity index (χ3n) is 1.48. The van der Waals surface area contributed by atoms with E-state index >= 15 is 0 Å². The van der Waals surface area contributed by atoms with Crippen LogP contribution in [0.3, 0.4) is 0 Å². The molecule has 0 aliphatic heterocycles. The third-order valence-corrected chi connectivity index (χ3v) is 1.69. The van der Waals surface area contributed by atoms with Crippen LogP contribution >= 0.6 is 12.6 Å². The first kappa shape index (κ1) is 9.89. The minimum atomic E-state index is -0.0866. The Bertz CT molecular complexity index is 91.3. The average molecular weight is 159 g/mol. The Hall–Kier alpha value is -0.110. The second-order valence-corrected chi connectivity index (χ2v) is 2.99. The topological polar surface area (TPSA) is 17.1 Å². The van der Waals surface area contributed by atoms with Crippen LogP contribution in [0.4, 0.5) is 0 Å². The predicted molar refractivity (Wildman–Crippen MR) is 46.0 cm³/mol. The van der Waals surface area contributed by atoms with Gasteiger partial charge in [0.15, 0.2) is 0 Å². The largest absolute Gasteiger partial charge is 0.282 e. The summed E-state index contributed by atoms with van der Waals surface area (Å²) in [5, 5.41) is -0.0866. The molecule has 0 unspecified atom stereocenters. The molecule has 0 bridgehead atoms. The first-order valence-corrected chi connectivity index (χ1v) is 4.38. The first-order chi connectivity index (χ1) is 4.77. The van der Waals surface area contributed by atoms with Crippen molar-refractivity contribution in [2.45, 2.75) is 45.4 Å². The van der Waals surface area contributed by atoms with Crippen LogP contribution < -0.4 is 0 Å². The van der Waals surface area contributed by atoms with Crippen LogP contribution in [-0.2, 0) is 4.79 Å². The molecule has 0 saturated heterocycles.